The number of benzene rings is 1. The second kappa shape index (κ2) is 2.63. The molecular formula is C10H8BN. The fourth-order valence-electron chi connectivity index (χ4n) is 1.34. The summed E-state index contributed by atoms with van der Waals surface area (Å²) in [5.41, 5.74) is 2.96. The third kappa shape index (κ3) is 1.000. The van der Waals surface area contributed by atoms with Gasteiger partial charge in [-0.15, -0.1) is 0 Å². The summed E-state index contributed by atoms with van der Waals surface area (Å²) < 4.78 is 0. The summed E-state index contributed by atoms with van der Waals surface area (Å²) in [6.07, 6.45) is 1.79. The lowest BCUT2D eigenvalue weighted by molar-refractivity contribution is 1.37. The molecule has 2 rings (SSSR count). The van der Waals surface area contributed by atoms with Crippen molar-refractivity contribution in [3.63, 3.8) is 0 Å². The first-order valence-electron chi connectivity index (χ1n) is 3.89. The average molecular weight is 153 g/mol. The Morgan fingerprint density at radius 2 is 2.08 bits per heavy atom. The van der Waals surface area contributed by atoms with Gasteiger partial charge < -0.3 is 0 Å². The number of pyridine rings is 1. The highest BCUT2D eigenvalue weighted by Gasteiger charge is 1.98. The molecule has 0 aliphatic heterocycles. The molecular weight excluding hydrogens is 145 g/mol. The molecule has 0 unspecified atom stereocenters. The van der Waals surface area contributed by atoms with Crippen LogP contribution in [0.1, 0.15) is 5.56 Å². The molecule has 0 saturated heterocycles. The van der Waals surface area contributed by atoms with Crippen LogP contribution in [0.25, 0.3) is 10.9 Å². The molecule has 2 heteroatoms. The predicted molar refractivity (Wildman–Crippen MR) is 51.9 cm³/mol. The Morgan fingerprint density at radius 3 is 2.83 bits per heavy atom. The lowest BCUT2D eigenvalue weighted by Crippen LogP contribution is -2.04. The van der Waals surface area contributed by atoms with Crippen molar-refractivity contribution in [2.24, 2.45) is 0 Å². The van der Waals surface area contributed by atoms with Crippen molar-refractivity contribution in [2.45, 2.75) is 6.92 Å². The van der Waals surface area contributed by atoms with Crippen LogP contribution in [0.3, 0.4) is 0 Å². The summed E-state index contributed by atoms with van der Waals surface area (Å²) in [6.45, 7) is 2.04. The molecule has 0 saturated carbocycles. The van der Waals surface area contributed by atoms with E-state index in [1.165, 1.54) is 5.56 Å². The summed E-state index contributed by atoms with van der Waals surface area (Å²) >= 11 is 0. The molecule has 2 radical (unpaired) electrons. The molecule has 12 heavy (non-hydrogen) atoms. The van der Waals surface area contributed by atoms with E-state index in [0.29, 0.717) is 0 Å². The van der Waals surface area contributed by atoms with E-state index in [9.17, 15) is 0 Å². The maximum absolute atomic E-state index is 5.79. The first-order chi connectivity index (χ1) is 5.79. The zero-order valence-corrected chi connectivity index (χ0v) is 6.91. The molecule has 0 bridgehead atoms. The van der Waals surface area contributed by atoms with Gasteiger partial charge in [-0.25, -0.2) is 0 Å². The Balaban J connectivity index is 2.95. The van der Waals surface area contributed by atoms with Gasteiger partial charge in [0.15, 0.2) is 0 Å². The van der Waals surface area contributed by atoms with Crippen molar-refractivity contribution in [3.8, 4) is 0 Å². The van der Waals surface area contributed by atoms with Crippen LogP contribution < -0.4 is 5.46 Å². The third-order valence-corrected chi connectivity index (χ3v) is 2.01. The Kier molecular flexibility index (Phi) is 1.61. The summed E-state index contributed by atoms with van der Waals surface area (Å²) in [5.74, 6) is 0. The van der Waals surface area contributed by atoms with E-state index in [2.05, 4.69) is 4.98 Å². The number of hydrogen-bond donors (Lipinski definition) is 0. The van der Waals surface area contributed by atoms with Crippen LogP contribution in [0.2, 0.25) is 0 Å². The fraction of sp³-hybridized carbons (Fsp3) is 0.100. The maximum Gasteiger partial charge on any atom is 0.114 e. The Labute approximate surface area is 72.8 Å². The van der Waals surface area contributed by atoms with Gasteiger partial charge >= 0.3 is 0 Å². The maximum atomic E-state index is 5.79. The lowest BCUT2D eigenvalue weighted by atomic mass is 9.90. The molecule has 1 aromatic heterocycles. The van der Waals surface area contributed by atoms with Gasteiger partial charge in [0.1, 0.15) is 7.85 Å². The molecule has 0 fully saturated rings. The molecule has 0 amide bonds. The van der Waals surface area contributed by atoms with Crippen molar-refractivity contribution in [1.29, 1.82) is 0 Å². The van der Waals surface area contributed by atoms with Gasteiger partial charge in [0.25, 0.3) is 0 Å². The van der Waals surface area contributed by atoms with Gasteiger partial charge in [-0.2, -0.15) is 0 Å². The van der Waals surface area contributed by atoms with Gasteiger partial charge in [0.05, 0.1) is 5.52 Å². The first-order valence-corrected chi connectivity index (χ1v) is 3.89. The van der Waals surface area contributed by atoms with E-state index >= 15 is 0 Å². The minimum atomic E-state index is 0.795. The van der Waals surface area contributed by atoms with Gasteiger partial charge in [-0.05, 0) is 23.9 Å². The van der Waals surface area contributed by atoms with Crippen LogP contribution in [-0.4, -0.2) is 12.8 Å². The molecule has 0 aliphatic rings. The second-order valence-corrected chi connectivity index (χ2v) is 2.87. The number of nitrogens with zero attached hydrogens (tertiary/aromatic N) is 1. The molecule has 56 valence electrons. The van der Waals surface area contributed by atoms with E-state index < -0.39 is 0 Å². The third-order valence-electron chi connectivity index (χ3n) is 2.01. The summed E-state index contributed by atoms with van der Waals surface area (Å²) in [5, 5.41) is 1.04. The zero-order valence-electron chi connectivity index (χ0n) is 6.91. The minimum absolute atomic E-state index is 0.795. The van der Waals surface area contributed by atoms with Crippen LogP contribution in [0, 0.1) is 6.92 Å². The van der Waals surface area contributed by atoms with Crippen LogP contribution in [0.4, 0.5) is 0 Å². The van der Waals surface area contributed by atoms with Gasteiger partial charge in [-0.1, -0.05) is 23.7 Å². The highest BCUT2D eigenvalue weighted by atomic mass is 14.6. The summed E-state index contributed by atoms with van der Waals surface area (Å²) in [4.78, 5) is 4.26. The monoisotopic (exact) mass is 153 g/mol. The van der Waals surface area contributed by atoms with E-state index in [-0.39, 0.29) is 0 Å². The number of aryl methyl sites for hydroxylation is 1. The van der Waals surface area contributed by atoms with E-state index in [1.54, 1.807) is 6.20 Å². The zero-order chi connectivity index (χ0) is 8.55. The quantitative estimate of drug-likeness (QED) is 0.520. The SMILES string of the molecule is [B]c1ccc(C)c2ncccc12. The van der Waals surface area contributed by atoms with Crippen molar-refractivity contribution in [2.75, 3.05) is 0 Å². The lowest BCUT2D eigenvalue weighted by Gasteiger charge is -2.03. The number of hydrogen-bond acceptors (Lipinski definition) is 1. The Bertz CT molecular complexity index is 383. The topological polar surface area (TPSA) is 12.9 Å². The number of fused-ring (bicyclic) bond motifs is 1. The molecule has 0 N–H and O–H groups in total. The van der Waals surface area contributed by atoms with E-state index in [1.807, 2.05) is 31.2 Å². The van der Waals surface area contributed by atoms with Gasteiger partial charge in [-0.3, -0.25) is 4.98 Å². The van der Waals surface area contributed by atoms with Crippen LogP contribution in [0.5, 0.6) is 0 Å². The van der Waals surface area contributed by atoms with Gasteiger partial charge in [0, 0.05) is 6.20 Å². The Hall–Kier alpha value is -1.31. The first kappa shape index (κ1) is 7.35. The minimum Gasteiger partial charge on any atom is -0.256 e. The Morgan fingerprint density at radius 1 is 1.25 bits per heavy atom. The van der Waals surface area contributed by atoms with Crippen molar-refractivity contribution < 1.29 is 0 Å². The fourth-order valence-corrected chi connectivity index (χ4v) is 1.34. The number of aromatic nitrogens is 1. The van der Waals surface area contributed by atoms with Crippen LogP contribution >= 0.6 is 0 Å². The van der Waals surface area contributed by atoms with Crippen molar-refractivity contribution >= 4 is 24.2 Å². The van der Waals surface area contributed by atoms with E-state index in [4.69, 9.17) is 7.85 Å². The predicted octanol–water partition coefficient (Wildman–Crippen LogP) is 1.34. The molecule has 1 heterocycles. The number of rotatable bonds is 0. The smallest absolute Gasteiger partial charge is 0.114 e. The summed E-state index contributed by atoms with van der Waals surface area (Å²) in [7, 11) is 5.79. The summed E-state index contributed by atoms with van der Waals surface area (Å²) in [6, 6.07) is 7.80. The molecule has 1 nitrogen and oxygen atoms in total. The molecule has 2 aromatic rings. The molecule has 0 spiro atoms. The highest BCUT2D eigenvalue weighted by molar-refractivity contribution is 6.38. The molecule has 0 aliphatic carbocycles. The standard InChI is InChI=1S/C10H8BN/c1-7-4-5-9(11)8-3-2-6-12-10(7)8/h2-6H,1H3. The van der Waals surface area contributed by atoms with Crippen LogP contribution in [-0.2, 0) is 0 Å². The van der Waals surface area contributed by atoms with Crippen molar-refractivity contribution in [3.05, 3.63) is 36.0 Å². The van der Waals surface area contributed by atoms with Gasteiger partial charge in [0.2, 0.25) is 0 Å². The van der Waals surface area contributed by atoms with E-state index in [0.717, 1.165) is 16.4 Å². The van der Waals surface area contributed by atoms with Crippen molar-refractivity contribution in [1.82, 2.24) is 4.98 Å². The molecule has 0 atom stereocenters. The second-order valence-electron chi connectivity index (χ2n) is 2.87. The normalized spacial score (nSPS) is 10.4. The largest absolute Gasteiger partial charge is 0.256 e. The van der Waals surface area contributed by atoms with Crippen LogP contribution in [0.15, 0.2) is 30.5 Å². The highest BCUT2D eigenvalue weighted by Crippen LogP contribution is 2.11. The molecule has 1 aromatic carbocycles. The average Bonchev–Trinajstić information content (AvgIpc) is 2.12.